The Morgan fingerprint density at radius 2 is 2.00 bits per heavy atom. The number of hydrogen-bond donors (Lipinski definition) is 1. The topological polar surface area (TPSA) is 62.8 Å². The number of hydrogen-bond acceptors (Lipinski definition) is 3. The fourth-order valence-corrected chi connectivity index (χ4v) is 2.42. The van der Waals surface area contributed by atoms with E-state index in [1.165, 1.54) is 6.26 Å². The zero-order chi connectivity index (χ0) is 11.9. The molecular weight excluding hydrogens is 224 g/mol. The Hall–Kier alpha value is -1.36. The molecule has 0 aliphatic carbocycles. The Morgan fingerprint density at radius 1 is 1.31 bits per heavy atom. The molecule has 0 saturated carbocycles. The maximum Gasteiger partial charge on any atom is 0.175 e. The molecule has 16 heavy (non-hydrogen) atoms. The molecule has 4 nitrogen and oxygen atoms in total. The lowest BCUT2D eigenvalue weighted by Gasteiger charge is -2.09. The van der Waals surface area contributed by atoms with E-state index in [2.05, 4.69) is 10.2 Å². The number of benzene rings is 1. The number of aromatic amines is 1. The quantitative estimate of drug-likeness (QED) is 0.871. The highest BCUT2D eigenvalue weighted by molar-refractivity contribution is 7.90. The van der Waals surface area contributed by atoms with Gasteiger partial charge in [0.2, 0.25) is 0 Å². The Kier molecular flexibility index (Phi) is 2.50. The highest BCUT2D eigenvalue weighted by Gasteiger charge is 2.14. The van der Waals surface area contributed by atoms with Gasteiger partial charge < -0.3 is 0 Å². The molecule has 0 amide bonds. The van der Waals surface area contributed by atoms with Crippen molar-refractivity contribution in [3.63, 3.8) is 0 Å². The second-order valence-electron chi connectivity index (χ2n) is 4.27. The van der Waals surface area contributed by atoms with Gasteiger partial charge in [0.1, 0.15) is 0 Å². The van der Waals surface area contributed by atoms with E-state index in [-0.39, 0.29) is 5.92 Å². The van der Waals surface area contributed by atoms with Gasteiger partial charge in [-0.25, -0.2) is 8.42 Å². The van der Waals surface area contributed by atoms with E-state index in [0.29, 0.717) is 4.90 Å². The van der Waals surface area contributed by atoms with Gasteiger partial charge in [-0.2, -0.15) is 5.10 Å². The highest BCUT2D eigenvalue weighted by atomic mass is 32.2. The Balaban J connectivity index is 2.82. The number of aromatic nitrogens is 2. The third-order valence-electron chi connectivity index (χ3n) is 2.61. The average Bonchev–Trinajstić information content (AvgIpc) is 2.61. The number of nitrogens with zero attached hydrogens (tertiary/aromatic N) is 1. The van der Waals surface area contributed by atoms with E-state index in [0.717, 1.165) is 16.5 Å². The fourth-order valence-electron chi connectivity index (χ4n) is 1.74. The van der Waals surface area contributed by atoms with Crippen LogP contribution in [0.15, 0.2) is 23.2 Å². The monoisotopic (exact) mass is 238 g/mol. The van der Waals surface area contributed by atoms with Gasteiger partial charge in [-0.15, -0.1) is 0 Å². The van der Waals surface area contributed by atoms with Gasteiger partial charge in [-0.1, -0.05) is 13.8 Å². The van der Waals surface area contributed by atoms with Crippen molar-refractivity contribution in [1.29, 1.82) is 0 Å². The van der Waals surface area contributed by atoms with Gasteiger partial charge in [0.15, 0.2) is 9.84 Å². The lowest BCUT2D eigenvalue weighted by molar-refractivity contribution is 0.602. The molecule has 0 aliphatic rings. The molecule has 0 bridgehead atoms. The SMILES string of the molecule is CC(C)c1cc(S(C)(=O)=O)cc2[nH]ncc12. The number of sulfone groups is 1. The normalized spacial score (nSPS) is 12.5. The maximum absolute atomic E-state index is 11.5. The zero-order valence-corrected chi connectivity index (χ0v) is 10.3. The molecule has 0 spiro atoms. The van der Waals surface area contributed by atoms with Crippen molar-refractivity contribution in [3.05, 3.63) is 23.9 Å². The molecule has 0 radical (unpaired) electrons. The number of fused-ring (bicyclic) bond motifs is 1. The van der Waals surface area contributed by atoms with E-state index in [9.17, 15) is 8.42 Å². The van der Waals surface area contributed by atoms with Crippen LogP contribution in [0.4, 0.5) is 0 Å². The summed E-state index contributed by atoms with van der Waals surface area (Å²) in [5, 5.41) is 7.75. The minimum absolute atomic E-state index is 0.266. The van der Waals surface area contributed by atoms with Crippen LogP contribution in [0.3, 0.4) is 0 Å². The summed E-state index contributed by atoms with van der Waals surface area (Å²) in [5.41, 5.74) is 1.78. The molecule has 0 saturated heterocycles. The van der Waals surface area contributed by atoms with Gasteiger partial charge >= 0.3 is 0 Å². The molecule has 0 atom stereocenters. The molecule has 2 rings (SSSR count). The Morgan fingerprint density at radius 3 is 2.56 bits per heavy atom. The zero-order valence-electron chi connectivity index (χ0n) is 9.48. The van der Waals surface area contributed by atoms with Gasteiger partial charge in [0.05, 0.1) is 16.6 Å². The standard InChI is InChI=1S/C11H14N2O2S/c1-7(2)9-4-8(16(3,14)15)5-11-10(9)6-12-13-11/h4-7H,1-3H3,(H,12,13). The molecule has 86 valence electrons. The molecule has 0 aliphatic heterocycles. The first-order chi connectivity index (χ1) is 7.39. The molecule has 5 heteroatoms. The molecule has 1 aromatic carbocycles. The largest absolute Gasteiger partial charge is 0.278 e. The summed E-state index contributed by atoms with van der Waals surface area (Å²) < 4.78 is 23.1. The molecule has 0 unspecified atom stereocenters. The van der Waals surface area contributed by atoms with Crippen LogP contribution >= 0.6 is 0 Å². The maximum atomic E-state index is 11.5. The minimum atomic E-state index is -3.18. The predicted molar refractivity (Wildman–Crippen MR) is 63.3 cm³/mol. The van der Waals surface area contributed by atoms with Gasteiger partial charge in [-0.3, -0.25) is 5.10 Å². The fraction of sp³-hybridized carbons (Fsp3) is 0.364. The van der Waals surface area contributed by atoms with Crippen LogP contribution in [0.2, 0.25) is 0 Å². The molecule has 2 aromatic rings. The lowest BCUT2D eigenvalue weighted by atomic mass is 10.00. The van der Waals surface area contributed by atoms with E-state index < -0.39 is 9.84 Å². The summed E-state index contributed by atoms with van der Waals surface area (Å²) >= 11 is 0. The second-order valence-corrected chi connectivity index (χ2v) is 6.29. The van der Waals surface area contributed by atoms with Gasteiger partial charge in [0.25, 0.3) is 0 Å². The van der Waals surface area contributed by atoms with Crippen LogP contribution in [0, 0.1) is 0 Å². The van der Waals surface area contributed by atoms with Crippen molar-refractivity contribution in [1.82, 2.24) is 10.2 Å². The summed E-state index contributed by atoms with van der Waals surface area (Å²) in [6.07, 6.45) is 2.95. The first-order valence-electron chi connectivity index (χ1n) is 5.06. The smallest absolute Gasteiger partial charge is 0.175 e. The Bertz CT molecular complexity index is 626. The lowest BCUT2D eigenvalue weighted by Crippen LogP contribution is -1.99. The van der Waals surface area contributed by atoms with Crippen molar-refractivity contribution in [3.8, 4) is 0 Å². The van der Waals surface area contributed by atoms with Crippen molar-refractivity contribution >= 4 is 20.7 Å². The highest BCUT2D eigenvalue weighted by Crippen LogP contribution is 2.27. The van der Waals surface area contributed by atoms with Gasteiger partial charge in [0, 0.05) is 11.6 Å². The van der Waals surface area contributed by atoms with E-state index in [4.69, 9.17) is 0 Å². The summed E-state index contributed by atoms with van der Waals surface area (Å²) in [6, 6.07) is 3.36. The molecule has 0 fully saturated rings. The van der Waals surface area contributed by atoms with Crippen LogP contribution in [-0.2, 0) is 9.84 Å². The van der Waals surface area contributed by atoms with Crippen molar-refractivity contribution < 1.29 is 8.42 Å². The van der Waals surface area contributed by atoms with Crippen LogP contribution < -0.4 is 0 Å². The van der Waals surface area contributed by atoms with Crippen molar-refractivity contribution in [2.45, 2.75) is 24.7 Å². The van der Waals surface area contributed by atoms with Crippen LogP contribution in [0.1, 0.15) is 25.3 Å². The van der Waals surface area contributed by atoms with E-state index in [1.807, 2.05) is 13.8 Å². The summed E-state index contributed by atoms with van der Waals surface area (Å²) in [7, 11) is -3.18. The summed E-state index contributed by atoms with van der Waals surface area (Å²) in [4.78, 5) is 0.341. The molecule has 1 heterocycles. The summed E-state index contributed by atoms with van der Waals surface area (Å²) in [5.74, 6) is 0.266. The molecule has 1 N–H and O–H groups in total. The number of H-pyrrole nitrogens is 1. The van der Waals surface area contributed by atoms with Gasteiger partial charge in [-0.05, 0) is 23.6 Å². The third kappa shape index (κ3) is 1.82. The minimum Gasteiger partial charge on any atom is -0.278 e. The molecular formula is C11H14N2O2S. The van der Waals surface area contributed by atoms with E-state index >= 15 is 0 Å². The first kappa shape index (κ1) is 11.1. The van der Waals surface area contributed by atoms with Crippen molar-refractivity contribution in [2.24, 2.45) is 0 Å². The first-order valence-corrected chi connectivity index (χ1v) is 6.96. The molecule has 1 aromatic heterocycles. The predicted octanol–water partition coefficient (Wildman–Crippen LogP) is 2.09. The average molecular weight is 238 g/mol. The number of nitrogens with one attached hydrogen (secondary N) is 1. The second kappa shape index (κ2) is 3.59. The van der Waals surface area contributed by atoms with Crippen LogP contribution in [0.25, 0.3) is 10.9 Å². The van der Waals surface area contributed by atoms with Crippen molar-refractivity contribution in [2.75, 3.05) is 6.26 Å². The van der Waals surface area contributed by atoms with Crippen LogP contribution in [-0.4, -0.2) is 24.9 Å². The summed E-state index contributed by atoms with van der Waals surface area (Å²) in [6.45, 7) is 4.07. The third-order valence-corrected chi connectivity index (χ3v) is 3.71. The van der Waals surface area contributed by atoms with E-state index in [1.54, 1.807) is 18.3 Å². The van der Waals surface area contributed by atoms with Crippen LogP contribution in [0.5, 0.6) is 0 Å². The number of rotatable bonds is 2. The Labute approximate surface area is 94.6 Å².